The second kappa shape index (κ2) is 1.78. The fourth-order valence-electron chi connectivity index (χ4n) is 0.421. The number of benzene rings is 1. The van der Waals surface area contributed by atoms with Crippen LogP contribution in [0.2, 0.25) is 0 Å². The third kappa shape index (κ3) is 1.04. The number of rotatable bonds is 0. The molecule has 1 aromatic rings. The Morgan fingerprint density at radius 2 is 1.86 bits per heavy atom. The summed E-state index contributed by atoms with van der Waals surface area (Å²) in [6.07, 6.45) is 0. The third-order valence-electron chi connectivity index (χ3n) is 0.787. The van der Waals surface area contributed by atoms with E-state index in [0.29, 0.717) is 0 Å². The molecule has 0 spiro atoms. The van der Waals surface area contributed by atoms with E-state index in [4.69, 9.17) is 0 Å². The van der Waals surface area contributed by atoms with Gasteiger partial charge < -0.3 is 0 Å². The van der Waals surface area contributed by atoms with Gasteiger partial charge in [0.15, 0.2) is 0 Å². The lowest BCUT2D eigenvalue weighted by atomic mass is 10.2. The van der Waals surface area contributed by atoms with Gasteiger partial charge in [-0.05, 0) is 18.6 Å². The minimum Gasteiger partial charge on any atom is -0.0584 e. The summed E-state index contributed by atoms with van der Waals surface area (Å²) in [6.45, 7) is 3.70. The molecule has 34 valence electrons. The largest absolute Gasteiger partial charge is 0.0584 e. The van der Waals surface area contributed by atoms with Crippen molar-refractivity contribution in [2.45, 2.75) is 0 Å². The van der Waals surface area contributed by atoms with E-state index < -0.39 is 0 Å². The predicted molar refractivity (Wildman–Crippen MR) is 29.7 cm³/mol. The summed E-state index contributed by atoms with van der Waals surface area (Å²) in [7, 11) is 0. The zero-order valence-electron chi connectivity index (χ0n) is 4.02. The van der Waals surface area contributed by atoms with E-state index in [-0.39, 0.29) is 0 Å². The van der Waals surface area contributed by atoms with Gasteiger partial charge in [-0.1, -0.05) is 24.3 Å². The van der Waals surface area contributed by atoms with E-state index in [1.54, 1.807) is 0 Å². The summed E-state index contributed by atoms with van der Waals surface area (Å²) in [4.78, 5) is 0. The fourth-order valence-corrected chi connectivity index (χ4v) is 0.421. The molecule has 0 saturated carbocycles. The van der Waals surface area contributed by atoms with Crippen LogP contribution in [0.15, 0.2) is 24.3 Å². The Kier molecular flexibility index (Phi) is 1.12. The van der Waals surface area contributed by atoms with Gasteiger partial charge in [0.25, 0.3) is 0 Å². The van der Waals surface area contributed by atoms with Crippen LogP contribution >= 0.6 is 0 Å². The molecule has 0 aliphatic rings. The van der Waals surface area contributed by atoms with Crippen molar-refractivity contribution in [3.05, 3.63) is 42.8 Å². The first-order valence-electron chi connectivity index (χ1n) is 2.17. The second-order valence-corrected chi connectivity index (χ2v) is 1.41. The van der Waals surface area contributed by atoms with Crippen molar-refractivity contribution in [3.8, 4) is 0 Å². The highest BCUT2D eigenvalue weighted by Crippen LogP contribution is 1.91. The monoisotopic (exact) mass is 90.0 g/mol. The Labute approximate surface area is 43.8 Å². The molecular weight excluding hydrogens is 84.1 g/mol. The van der Waals surface area contributed by atoms with Crippen LogP contribution < -0.4 is 0 Å². The van der Waals surface area contributed by atoms with Crippen LogP contribution in [-0.4, -0.2) is 0 Å². The molecule has 0 nitrogen and oxygen atoms in total. The zero-order valence-corrected chi connectivity index (χ0v) is 4.02. The number of hydrogen-bond donors (Lipinski definition) is 0. The molecule has 0 atom stereocenters. The average Bonchev–Trinajstić information content (AvgIpc) is 1.69. The molecule has 0 N–H and O–H groups in total. The minimum absolute atomic E-state index is 1.04. The van der Waals surface area contributed by atoms with Crippen LogP contribution in [0.4, 0.5) is 0 Å². The van der Waals surface area contributed by atoms with Crippen LogP contribution in [-0.2, 0) is 0 Å². The van der Waals surface area contributed by atoms with E-state index in [9.17, 15) is 0 Å². The summed E-state index contributed by atoms with van der Waals surface area (Å²) < 4.78 is 0. The molecule has 0 aromatic heterocycles. The van der Waals surface area contributed by atoms with Gasteiger partial charge in [-0.25, -0.2) is 0 Å². The van der Waals surface area contributed by atoms with Gasteiger partial charge in [-0.15, -0.1) is 0 Å². The first-order valence-corrected chi connectivity index (χ1v) is 2.17. The van der Waals surface area contributed by atoms with Gasteiger partial charge in [-0.2, -0.15) is 0 Å². The Balaban J connectivity index is 3.02. The van der Waals surface area contributed by atoms with Gasteiger partial charge in [0, 0.05) is 0 Å². The molecule has 0 amide bonds. The normalized spacial score (nSPS) is 8.71. The molecule has 0 aliphatic heterocycles. The molecule has 0 bridgehead atoms. The maximum atomic E-state index is 3.70. The standard InChI is InChI=1S/C7H6/c1-7-5-3-2-4-6-7/h3-6H,1H2. The minimum atomic E-state index is 1.04. The van der Waals surface area contributed by atoms with E-state index >= 15 is 0 Å². The smallest absolute Gasteiger partial charge is 0.0184 e. The molecule has 0 heteroatoms. The molecule has 1 rings (SSSR count). The molecule has 2 radical (unpaired) electrons. The molecule has 0 aliphatic carbocycles. The molecule has 0 unspecified atom stereocenters. The van der Waals surface area contributed by atoms with Crippen LogP contribution in [0.3, 0.4) is 0 Å². The molecule has 0 saturated heterocycles. The van der Waals surface area contributed by atoms with E-state index in [2.05, 4.69) is 13.0 Å². The molecule has 0 heterocycles. The molecular formula is C7H6. The summed E-state index contributed by atoms with van der Waals surface area (Å²) in [6, 6.07) is 10.4. The number of hydrogen-bond acceptors (Lipinski definition) is 0. The van der Waals surface area contributed by atoms with Crippen LogP contribution in [0.25, 0.3) is 0 Å². The first-order chi connectivity index (χ1) is 3.39. The maximum absolute atomic E-state index is 3.70. The zero-order chi connectivity index (χ0) is 5.11. The van der Waals surface area contributed by atoms with Crippen molar-refractivity contribution in [3.63, 3.8) is 0 Å². The Morgan fingerprint density at radius 3 is 2.14 bits per heavy atom. The van der Waals surface area contributed by atoms with Gasteiger partial charge >= 0.3 is 0 Å². The lowest BCUT2D eigenvalue weighted by Crippen LogP contribution is -1.63. The molecule has 7 heavy (non-hydrogen) atoms. The summed E-state index contributed by atoms with van der Waals surface area (Å²) >= 11 is 0. The lowest BCUT2D eigenvalue weighted by molar-refractivity contribution is 1.61. The maximum Gasteiger partial charge on any atom is -0.0184 e. The van der Waals surface area contributed by atoms with Crippen molar-refractivity contribution >= 4 is 0 Å². The Hall–Kier alpha value is -0.780. The van der Waals surface area contributed by atoms with E-state index in [1.165, 1.54) is 0 Å². The fraction of sp³-hybridized carbons (Fsp3) is 0. The molecule has 0 fully saturated rings. The van der Waals surface area contributed by atoms with Gasteiger partial charge in [0.1, 0.15) is 0 Å². The van der Waals surface area contributed by atoms with Crippen LogP contribution in [0.5, 0.6) is 0 Å². The quantitative estimate of drug-likeness (QED) is 0.454. The Morgan fingerprint density at radius 1 is 1.29 bits per heavy atom. The first kappa shape index (κ1) is 4.38. The lowest BCUT2D eigenvalue weighted by Gasteiger charge is -1.81. The van der Waals surface area contributed by atoms with E-state index in [1.807, 2.05) is 24.3 Å². The highest BCUT2D eigenvalue weighted by atomic mass is 13.8. The van der Waals surface area contributed by atoms with Crippen molar-refractivity contribution in [1.29, 1.82) is 0 Å². The Bertz CT molecular complexity index is 130. The highest BCUT2D eigenvalue weighted by molar-refractivity contribution is 5.15. The van der Waals surface area contributed by atoms with Gasteiger partial charge in [0.2, 0.25) is 0 Å². The van der Waals surface area contributed by atoms with Gasteiger partial charge in [-0.3, -0.25) is 0 Å². The van der Waals surface area contributed by atoms with Crippen molar-refractivity contribution < 1.29 is 0 Å². The highest BCUT2D eigenvalue weighted by Gasteiger charge is 1.72. The van der Waals surface area contributed by atoms with Crippen LogP contribution in [0.1, 0.15) is 5.56 Å². The van der Waals surface area contributed by atoms with Gasteiger partial charge in [0.05, 0.1) is 0 Å². The van der Waals surface area contributed by atoms with Crippen molar-refractivity contribution in [2.24, 2.45) is 0 Å². The summed E-state index contributed by atoms with van der Waals surface area (Å²) in [5.41, 5.74) is 1.04. The summed E-state index contributed by atoms with van der Waals surface area (Å²) in [5.74, 6) is 0. The summed E-state index contributed by atoms with van der Waals surface area (Å²) in [5, 5.41) is 0. The average molecular weight is 90.1 g/mol. The predicted octanol–water partition coefficient (Wildman–Crippen LogP) is 1.67. The molecule has 1 aromatic carbocycles. The second-order valence-electron chi connectivity index (χ2n) is 1.41. The SMILES string of the molecule is [CH2]c1cc[c]cc1. The third-order valence-corrected chi connectivity index (χ3v) is 0.787. The van der Waals surface area contributed by atoms with Crippen molar-refractivity contribution in [1.82, 2.24) is 0 Å². The van der Waals surface area contributed by atoms with E-state index in [0.717, 1.165) is 5.56 Å². The van der Waals surface area contributed by atoms with Crippen LogP contribution in [0, 0.1) is 13.0 Å². The topological polar surface area (TPSA) is 0 Å². The van der Waals surface area contributed by atoms with Crippen molar-refractivity contribution in [2.75, 3.05) is 0 Å².